The first-order valence-electron chi connectivity index (χ1n) is 6.95. The SMILES string of the molecule is Cc1c(Cl)cc(NC(=O)Cc2c[nH]c3cc(F)ccc23)cc1Cl. The zero-order chi connectivity index (χ0) is 16.6. The summed E-state index contributed by atoms with van der Waals surface area (Å²) in [6.45, 7) is 1.81. The minimum Gasteiger partial charge on any atom is -0.361 e. The summed E-state index contributed by atoms with van der Waals surface area (Å²) in [4.78, 5) is 15.2. The number of H-pyrrole nitrogens is 1. The maximum atomic E-state index is 13.2. The van der Waals surface area contributed by atoms with Crippen LogP contribution in [0.3, 0.4) is 0 Å². The van der Waals surface area contributed by atoms with Gasteiger partial charge in [0, 0.05) is 32.8 Å². The quantitative estimate of drug-likeness (QED) is 0.677. The van der Waals surface area contributed by atoms with Gasteiger partial charge in [-0.3, -0.25) is 4.79 Å². The van der Waals surface area contributed by atoms with Crippen LogP contribution in [0.4, 0.5) is 10.1 Å². The van der Waals surface area contributed by atoms with Crippen LogP contribution in [0.5, 0.6) is 0 Å². The normalized spacial score (nSPS) is 11.0. The summed E-state index contributed by atoms with van der Waals surface area (Å²) in [7, 11) is 0. The van der Waals surface area contributed by atoms with Gasteiger partial charge in [0.05, 0.1) is 6.42 Å². The van der Waals surface area contributed by atoms with Crippen molar-refractivity contribution in [3.8, 4) is 0 Å². The van der Waals surface area contributed by atoms with Crippen LogP contribution in [0.15, 0.2) is 36.5 Å². The van der Waals surface area contributed by atoms with Gasteiger partial charge in [-0.25, -0.2) is 4.39 Å². The van der Waals surface area contributed by atoms with E-state index in [-0.39, 0.29) is 18.1 Å². The van der Waals surface area contributed by atoms with Gasteiger partial charge < -0.3 is 10.3 Å². The average molecular weight is 351 g/mol. The van der Waals surface area contributed by atoms with Crippen LogP contribution in [-0.2, 0) is 11.2 Å². The third-order valence-electron chi connectivity index (χ3n) is 3.65. The molecule has 1 amide bonds. The van der Waals surface area contributed by atoms with Gasteiger partial charge in [-0.05, 0) is 48.4 Å². The number of carbonyl (C=O) groups excluding carboxylic acids is 1. The van der Waals surface area contributed by atoms with Gasteiger partial charge >= 0.3 is 0 Å². The third-order valence-corrected chi connectivity index (χ3v) is 4.43. The maximum Gasteiger partial charge on any atom is 0.228 e. The Morgan fingerprint density at radius 2 is 1.91 bits per heavy atom. The number of nitrogens with one attached hydrogen (secondary N) is 2. The summed E-state index contributed by atoms with van der Waals surface area (Å²) in [6, 6.07) is 7.74. The largest absolute Gasteiger partial charge is 0.361 e. The van der Waals surface area contributed by atoms with Crippen molar-refractivity contribution >= 4 is 45.7 Å². The molecule has 1 heterocycles. The summed E-state index contributed by atoms with van der Waals surface area (Å²) in [6.07, 6.45) is 1.87. The Morgan fingerprint density at radius 3 is 2.61 bits per heavy atom. The first-order valence-corrected chi connectivity index (χ1v) is 7.70. The number of fused-ring (bicyclic) bond motifs is 1. The second-order valence-corrected chi connectivity index (χ2v) is 6.11. The molecule has 23 heavy (non-hydrogen) atoms. The Balaban J connectivity index is 1.79. The number of halogens is 3. The number of aromatic amines is 1. The van der Waals surface area contributed by atoms with E-state index in [1.807, 2.05) is 0 Å². The molecule has 2 N–H and O–H groups in total. The van der Waals surface area contributed by atoms with E-state index < -0.39 is 0 Å². The van der Waals surface area contributed by atoms with Gasteiger partial charge in [0.1, 0.15) is 5.82 Å². The molecule has 6 heteroatoms. The molecule has 0 saturated carbocycles. The summed E-state index contributed by atoms with van der Waals surface area (Å²) in [5.74, 6) is -0.523. The highest BCUT2D eigenvalue weighted by molar-refractivity contribution is 6.36. The fourth-order valence-corrected chi connectivity index (χ4v) is 2.89. The molecule has 3 rings (SSSR count). The van der Waals surface area contributed by atoms with Crippen LogP contribution in [0, 0.1) is 12.7 Å². The van der Waals surface area contributed by atoms with Crippen molar-refractivity contribution in [2.45, 2.75) is 13.3 Å². The highest BCUT2D eigenvalue weighted by Gasteiger charge is 2.11. The Kier molecular flexibility index (Phi) is 4.28. The summed E-state index contributed by atoms with van der Waals surface area (Å²) in [5.41, 5.74) is 2.77. The van der Waals surface area contributed by atoms with Crippen LogP contribution in [0.2, 0.25) is 10.0 Å². The molecule has 2 aromatic carbocycles. The predicted octanol–water partition coefficient (Wildman–Crippen LogP) is 5.10. The van der Waals surface area contributed by atoms with E-state index in [1.54, 1.807) is 31.3 Å². The van der Waals surface area contributed by atoms with Gasteiger partial charge in [-0.2, -0.15) is 0 Å². The van der Waals surface area contributed by atoms with Crippen molar-refractivity contribution in [2.24, 2.45) is 0 Å². The standard InChI is InChI=1S/C17H13Cl2FN2O/c1-9-14(18)6-12(7-15(9)19)22-17(23)4-10-8-21-16-5-11(20)2-3-13(10)16/h2-3,5-8,21H,4H2,1H3,(H,22,23). The van der Waals surface area contributed by atoms with Gasteiger partial charge in [-0.15, -0.1) is 0 Å². The molecule has 1 aromatic heterocycles. The number of hydrogen-bond donors (Lipinski definition) is 2. The number of anilines is 1. The minimum atomic E-state index is -0.320. The minimum absolute atomic E-state index is 0.161. The van der Waals surface area contributed by atoms with Crippen molar-refractivity contribution in [3.05, 3.63) is 63.5 Å². The number of benzene rings is 2. The number of aromatic nitrogens is 1. The van der Waals surface area contributed by atoms with Crippen LogP contribution in [-0.4, -0.2) is 10.9 Å². The molecule has 0 aliphatic heterocycles. The molecule has 0 aliphatic carbocycles. The Hall–Kier alpha value is -2.04. The average Bonchev–Trinajstić information content (AvgIpc) is 2.86. The molecule has 0 radical (unpaired) electrons. The lowest BCUT2D eigenvalue weighted by atomic mass is 10.1. The molecule has 0 aliphatic rings. The molecule has 0 spiro atoms. The molecular weight excluding hydrogens is 338 g/mol. The highest BCUT2D eigenvalue weighted by atomic mass is 35.5. The molecule has 0 unspecified atom stereocenters. The molecule has 0 atom stereocenters. The van der Waals surface area contributed by atoms with E-state index in [2.05, 4.69) is 10.3 Å². The lowest BCUT2D eigenvalue weighted by Gasteiger charge is -2.08. The first kappa shape index (κ1) is 15.8. The van der Waals surface area contributed by atoms with Crippen LogP contribution < -0.4 is 5.32 Å². The Bertz CT molecular complexity index is 882. The monoisotopic (exact) mass is 350 g/mol. The first-order chi connectivity index (χ1) is 10.9. The molecule has 0 bridgehead atoms. The van der Waals surface area contributed by atoms with Crippen molar-refractivity contribution in [1.82, 2.24) is 4.98 Å². The molecule has 0 fully saturated rings. The van der Waals surface area contributed by atoms with E-state index >= 15 is 0 Å². The smallest absolute Gasteiger partial charge is 0.228 e. The lowest BCUT2D eigenvalue weighted by molar-refractivity contribution is -0.115. The second kappa shape index (κ2) is 6.22. The number of amides is 1. The molecule has 3 aromatic rings. The predicted molar refractivity (Wildman–Crippen MR) is 91.8 cm³/mol. The van der Waals surface area contributed by atoms with Crippen LogP contribution in [0.1, 0.15) is 11.1 Å². The van der Waals surface area contributed by atoms with Crippen LogP contribution in [0.25, 0.3) is 10.9 Å². The summed E-state index contributed by atoms with van der Waals surface area (Å²) >= 11 is 12.1. The second-order valence-electron chi connectivity index (χ2n) is 5.29. The van der Waals surface area contributed by atoms with Crippen molar-refractivity contribution in [1.29, 1.82) is 0 Å². The van der Waals surface area contributed by atoms with Gasteiger partial charge in [0.2, 0.25) is 5.91 Å². The van der Waals surface area contributed by atoms with Crippen molar-refractivity contribution in [3.63, 3.8) is 0 Å². The Labute approximate surface area is 142 Å². The fraction of sp³-hybridized carbons (Fsp3) is 0.118. The Morgan fingerprint density at radius 1 is 1.22 bits per heavy atom. The fourth-order valence-electron chi connectivity index (χ4n) is 2.40. The molecule has 118 valence electrons. The van der Waals surface area contributed by atoms with E-state index in [0.717, 1.165) is 16.5 Å². The zero-order valence-corrected chi connectivity index (χ0v) is 13.7. The zero-order valence-electron chi connectivity index (χ0n) is 12.2. The highest BCUT2D eigenvalue weighted by Crippen LogP contribution is 2.28. The van der Waals surface area contributed by atoms with E-state index in [9.17, 15) is 9.18 Å². The van der Waals surface area contributed by atoms with E-state index in [0.29, 0.717) is 21.2 Å². The number of hydrogen-bond acceptors (Lipinski definition) is 1. The number of carbonyl (C=O) groups is 1. The van der Waals surface area contributed by atoms with Crippen LogP contribution >= 0.6 is 23.2 Å². The third kappa shape index (κ3) is 3.33. The summed E-state index contributed by atoms with van der Waals surface area (Å²) in [5, 5.41) is 4.58. The maximum absolute atomic E-state index is 13.2. The van der Waals surface area contributed by atoms with E-state index in [1.165, 1.54) is 12.1 Å². The van der Waals surface area contributed by atoms with Gasteiger partial charge in [0.15, 0.2) is 0 Å². The van der Waals surface area contributed by atoms with Crippen molar-refractivity contribution < 1.29 is 9.18 Å². The molecule has 0 saturated heterocycles. The topological polar surface area (TPSA) is 44.9 Å². The lowest BCUT2D eigenvalue weighted by Crippen LogP contribution is -2.14. The summed E-state index contributed by atoms with van der Waals surface area (Å²) < 4.78 is 13.2. The molecular formula is C17H13Cl2FN2O. The van der Waals surface area contributed by atoms with Crippen molar-refractivity contribution in [2.75, 3.05) is 5.32 Å². The van der Waals surface area contributed by atoms with E-state index in [4.69, 9.17) is 23.2 Å². The van der Waals surface area contributed by atoms with Gasteiger partial charge in [-0.1, -0.05) is 23.2 Å². The molecule has 3 nitrogen and oxygen atoms in total. The van der Waals surface area contributed by atoms with Gasteiger partial charge in [0.25, 0.3) is 0 Å². The number of rotatable bonds is 3.